The maximum atomic E-state index is 14.7. The van der Waals surface area contributed by atoms with Crippen LogP contribution in [0.25, 0.3) is 21.8 Å². The summed E-state index contributed by atoms with van der Waals surface area (Å²) in [6, 6.07) is 7.59. The Morgan fingerprint density at radius 3 is 2.79 bits per heavy atom. The number of aryl methyl sites for hydroxylation is 1. The van der Waals surface area contributed by atoms with Gasteiger partial charge in [0.2, 0.25) is 0 Å². The van der Waals surface area contributed by atoms with E-state index in [0.29, 0.717) is 46.8 Å². The lowest BCUT2D eigenvalue weighted by molar-refractivity contribution is 0.102. The second-order valence-electron chi connectivity index (χ2n) is 10.7. The highest BCUT2D eigenvalue weighted by Gasteiger charge is 2.25. The Bertz CT molecular complexity index is 1520. The predicted molar refractivity (Wildman–Crippen MR) is 149 cm³/mol. The zero-order chi connectivity index (χ0) is 27.1. The lowest BCUT2D eigenvalue weighted by Crippen LogP contribution is -2.54. The van der Waals surface area contributed by atoms with Crippen LogP contribution >= 0.6 is 0 Å². The maximum absolute atomic E-state index is 14.7. The van der Waals surface area contributed by atoms with Crippen LogP contribution in [0.4, 0.5) is 15.8 Å². The number of carbonyl (C=O) groups excluding carboxylic acids is 1. The lowest BCUT2D eigenvalue weighted by atomic mass is 10.0. The van der Waals surface area contributed by atoms with E-state index in [4.69, 9.17) is 9.72 Å². The third-order valence-electron chi connectivity index (χ3n) is 7.39. The molecule has 0 bridgehead atoms. The zero-order valence-corrected chi connectivity index (χ0v) is 22.4. The number of ether oxygens (including phenoxy) is 1. The van der Waals surface area contributed by atoms with Crippen LogP contribution in [0.15, 0.2) is 36.7 Å². The fourth-order valence-corrected chi connectivity index (χ4v) is 5.67. The number of piperazine rings is 1. The molecular weight excluding hydrogens is 499 g/mol. The van der Waals surface area contributed by atoms with Crippen LogP contribution in [0.3, 0.4) is 0 Å². The van der Waals surface area contributed by atoms with Gasteiger partial charge in [-0.05, 0) is 51.1 Å². The summed E-state index contributed by atoms with van der Waals surface area (Å²) in [5, 5.41) is 15.3. The van der Waals surface area contributed by atoms with Gasteiger partial charge < -0.3 is 25.6 Å². The van der Waals surface area contributed by atoms with E-state index in [1.54, 1.807) is 36.3 Å². The summed E-state index contributed by atoms with van der Waals surface area (Å²) < 4.78 is 22.2. The first-order valence-corrected chi connectivity index (χ1v) is 13.4. The van der Waals surface area contributed by atoms with Crippen molar-refractivity contribution >= 4 is 39.1 Å². The number of rotatable bonds is 6. The van der Waals surface area contributed by atoms with E-state index in [0.717, 1.165) is 43.7 Å². The molecule has 0 unspecified atom stereocenters. The average Bonchev–Trinajstić information content (AvgIpc) is 3.55. The second kappa shape index (κ2) is 10.4. The molecule has 2 aliphatic rings. The van der Waals surface area contributed by atoms with Crippen LogP contribution in [-0.4, -0.2) is 70.5 Å². The van der Waals surface area contributed by atoms with Crippen LogP contribution < -0.4 is 25.6 Å². The van der Waals surface area contributed by atoms with Crippen molar-refractivity contribution in [1.82, 2.24) is 30.4 Å². The van der Waals surface area contributed by atoms with Gasteiger partial charge in [0.15, 0.2) is 5.82 Å². The van der Waals surface area contributed by atoms with Gasteiger partial charge in [-0.1, -0.05) is 0 Å². The number of nitrogens with one attached hydrogen (secondary N) is 3. The van der Waals surface area contributed by atoms with Gasteiger partial charge in [-0.3, -0.25) is 9.48 Å². The van der Waals surface area contributed by atoms with Crippen molar-refractivity contribution in [2.75, 3.05) is 43.0 Å². The predicted octanol–water partition coefficient (Wildman–Crippen LogP) is 3.08. The third kappa shape index (κ3) is 5.24. The van der Waals surface area contributed by atoms with Gasteiger partial charge in [0.1, 0.15) is 5.52 Å². The summed E-state index contributed by atoms with van der Waals surface area (Å²) in [6.45, 7) is 8.35. The number of halogens is 1. The number of carbonyl (C=O) groups is 1. The molecule has 204 valence electrons. The van der Waals surface area contributed by atoms with Gasteiger partial charge >= 0.3 is 6.01 Å². The monoisotopic (exact) mass is 532 g/mol. The molecule has 39 heavy (non-hydrogen) atoms. The van der Waals surface area contributed by atoms with Crippen LogP contribution in [-0.2, 0) is 7.05 Å². The molecule has 2 fully saturated rings. The quantitative estimate of drug-likeness (QED) is 0.348. The summed E-state index contributed by atoms with van der Waals surface area (Å²) in [7, 11) is 1.73. The van der Waals surface area contributed by atoms with E-state index in [-0.39, 0.29) is 17.4 Å². The normalized spacial score (nSPS) is 21.5. The largest absolute Gasteiger partial charge is 0.463 e. The van der Waals surface area contributed by atoms with Gasteiger partial charge in [-0.25, -0.2) is 9.37 Å². The minimum atomic E-state index is -0.495. The molecule has 3 N–H and O–H groups in total. The number of aromatic nitrogens is 4. The van der Waals surface area contributed by atoms with Gasteiger partial charge in [-0.2, -0.15) is 10.1 Å². The molecule has 4 heterocycles. The van der Waals surface area contributed by atoms with Crippen molar-refractivity contribution < 1.29 is 13.9 Å². The van der Waals surface area contributed by atoms with Crippen LogP contribution in [0.2, 0.25) is 0 Å². The van der Waals surface area contributed by atoms with Crippen molar-refractivity contribution in [2.45, 2.75) is 32.4 Å². The summed E-state index contributed by atoms with van der Waals surface area (Å²) in [6.07, 6.45) is 4.50. The molecule has 2 saturated heterocycles. The minimum absolute atomic E-state index is 0.241. The van der Waals surface area contributed by atoms with Crippen molar-refractivity contribution in [2.24, 2.45) is 13.0 Å². The molecule has 2 aromatic carbocycles. The van der Waals surface area contributed by atoms with E-state index in [1.807, 2.05) is 6.07 Å². The minimum Gasteiger partial charge on any atom is -0.463 e. The first-order chi connectivity index (χ1) is 18.8. The number of hydrogen-bond donors (Lipinski definition) is 3. The van der Waals surface area contributed by atoms with Crippen molar-refractivity contribution in [3.05, 3.63) is 48.0 Å². The second-order valence-corrected chi connectivity index (χ2v) is 10.7. The summed E-state index contributed by atoms with van der Waals surface area (Å²) in [5.41, 5.74) is 2.44. The summed E-state index contributed by atoms with van der Waals surface area (Å²) in [4.78, 5) is 25.1. The molecule has 0 radical (unpaired) electrons. The molecule has 6 rings (SSSR count). The maximum Gasteiger partial charge on any atom is 0.316 e. The van der Waals surface area contributed by atoms with Crippen molar-refractivity contribution in [3.8, 4) is 6.01 Å². The van der Waals surface area contributed by atoms with Gasteiger partial charge in [0, 0.05) is 79.2 Å². The van der Waals surface area contributed by atoms with Crippen LogP contribution in [0, 0.1) is 11.7 Å². The molecule has 11 heteroatoms. The molecule has 3 atom stereocenters. The standard InChI is InChI=1S/C28H33FN8O2/c1-16-12-37(13-17(2)32-16)24-5-4-21(26-22(24)11-31-28(34-26)39-15-18-6-7-30-10-18)27(38)33-20-8-19-14-36(3)35-25(19)23(29)9-20/h4-5,8-9,11,14,16-18,30,32H,6-7,10,12-13,15H2,1-3H3,(H,33,38)/t16-,17-,18-/m0/s1. The Hall–Kier alpha value is -3.83. The smallest absolute Gasteiger partial charge is 0.316 e. The Labute approximate surface area is 225 Å². The summed E-state index contributed by atoms with van der Waals surface area (Å²) in [5.74, 6) is -0.481. The number of nitrogens with zero attached hydrogens (tertiary/aromatic N) is 5. The molecule has 0 spiro atoms. The highest BCUT2D eigenvalue weighted by molar-refractivity contribution is 6.14. The Morgan fingerprint density at radius 2 is 2.03 bits per heavy atom. The first-order valence-electron chi connectivity index (χ1n) is 13.4. The van der Waals surface area contributed by atoms with Crippen LogP contribution in [0.1, 0.15) is 30.6 Å². The lowest BCUT2D eigenvalue weighted by Gasteiger charge is -2.38. The number of amides is 1. The Morgan fingerprint density at radius 1 is 1.21 bits per heavy atom. The van der Waals surface area contributed by atoms with E-state index in [1.165, 1.54) is 6.07 Å². The van der Waals surface area contributed by atoms with E-state index in [9.17, 15) is 9.18 Å². The molecule has 0 aliphatic carbocycles. The molecule has 4 aromatic rings. The van der Waals surface area contributed by atoms with Gasteiger partial charge in [-0.15, -0.1) is 0 Å². The number of anilines is 2. The molecule has 0 saturated carbocycles. The van der Waals surface area contributed by atoms with Gasteiger partial charge in [0.05, 0.1) is 17.7 Å². The van der Waals surface area contributed by atoms with Crippen molar-refractivity contribution in [1.29, 1.82) is 0 Å². The van der Waals surface area contributed by atoms with E-state index in [2.05, 4.69) is 44.8 Å². The molecule has 1 amide bonds. The highest BCUT2D eigenvalue weighted by atomic mass is 19.1. The first kappa shape index (κ1) is 25.4. The van der Waals surface area contributed by atoms with Crippen molar-refractivity contribution in [3.63, 3.8) is 0 Å². The number of fused-ring (bicyclic) bond motifs is 2. The number of hydrogen-bond acceptors (Lipinski definition) is 8. The van der Waals surface area contributed by atoms with Gasteiger partial charge in [0.25, 0.3) is 5.91 Å². The average molecular weight is 533 g/mol. The Balaban J connectivity index is 1.36. The molecular formula is C28H33FN8O2. The third-order valence-corrected chi connectivity index (χ3v) is 7.39. The molecule has 2 aromatic heterocycles. The molecule has 2 aliphatic heterocycles. The Kier molecular flexibility index (Phi) is 6.78. The summed E-state index contributed by atoms with van der Waals surface area (Å²) >= 11 is 0. The highest BCUT2D eigenvalue weighted by Crippen LogP contribution is 2.31. The molecule has 10 nitrogen and oxygen atoms in total. The zero-order valence-electron chi connectivity index (χ0n) is 22.4. The fourth-order valence-electron chi connectivity index (χ4n) is 5.67. The van der Waals surface area contributed by atoms with Crippen LogP contribution in [0.5, 0.6) is 6.01 Å². The fraction of sp³-hybridized carbons (Fsp3) is 0.429. The SMILES string of the molecule is C[C@H]1CN(c2ccc(C(=O)Nc3cc(F)c4nn(C)cc4c3)c3nc(OC[C@H]4CCNC4)ncc23)C[C@H](C)N1. The van der Waals surface area contributed by atoms with E-state index >= 15 is 0 Å². The van der Waals surface area contributed by atoms with E-state index < -0.39 is 5.82 Å². The number of benzene rings is 2. The topological polar surface area (TPSA) is 109 Å².